The molecule has 5 nitrogen and oxygen atoms in total. The van der Waals surface area contributed by atoms with Crippen LogP contribution in [0.1, 0.15) is 5.56 Å². The molecule has 20 heavy (non-hydrogen) atoms. The van der Waals surface area contributed by atoms with Crippen LogP contribution in [-0.2, 0) is 10.0 Å². The summed E-state index contributed by atoms with van der Waals surface area (Å²) < 4.78 is 29.4. The first kappa shape index (κ1) is 14.8. The molecule has 7 heteroatoms. The van der Waals surface area contributed by atoms with Gasteiger partial charge in [0.2, 0.25) is 10.0 Å². The van der Waals surface area contributed by atoms with Crippen molar-refractivity contribution in [3.05, 3.63) is 46.4 Å². The molecule has 0 saturated heterocycles. The van der Waals surface area contributed by atoms with Crippen LogP contribution < -0.4 is 15.6 Å². The second-order valence-corrected chi connectivity index (χ2v) is 6.67. The number of para-hydroxylation sites is 1. The van der Waals surface area contributed by atoms with Crippen LogP contribution in [0, 0.1) is 6.92 Å². The van der Waals surface area contributed by atoms with Crippen LogP contribution >= 0.6 is 15.9 Å². The molecule has 0 unspecified atom stereocenters. The molecular weight excluding hydrogens is 344 g/mol. The molecule has 0 aromatic heterocycles. The molecule has 0 radical (unpaired) electrons. The summed E-state index contributed by atoms with van der Waals surface area (Å²) in [6.07, 6.45) is 0. The fourth-order valence-corrected chi connectivity index (χ4v) is 2.86. The van der Waals surface area contributed by atoms with E-state index in [9.17, 15) is 8.42 Å². The maximum atomic E-state index is 11.4. The van der Waals surface area contributed by atoms with Gasteiger partial charge in [-0.3, -0.25) is 0 Å². The third kappa shape index (κ3) is 3.12. The van der Waals surface area contributed by atoms with Crippen LogP contribution in [0.3, 0.4) is 0 Å². The van der Waals surface area contributed by atoms with Crippen molar-refractivity contribution < 1.29 is 13.2 Å². The van der Waals surface area contributed by atoms with Crippen LogP contribution in [0.15, 0.2) is 45.8 Å². The Balaban J connectivity index is 2.45. The first-order valence-corrected chi connectivity index (χ1v) is 7.98. The number of primary sulfonamides is 1. The molecule has 4 N–H and O–H groups in total. The number of anilines is 1. The molecule has 0 amide bonds. The smallest absolute Gasteiger partial charge is 0.240 e. The second-order valence-electron chi connectivity index (χ2n) is 4.22. The fraction of sp³-hybridized carbons (Fsp3) is 0.0769. The third-order valence-corrected chi connectivity index (χ3v) is 4.15. The summed E-state index contributed by atoms with van der Waals surface area (Å²) in [5, 5.41) is 5.10. The lowest BCUT2D eigenvalue weighted by Crippen LogP contribution is -2.14. The number of halogens is 1. The van der Waals surface area contributed by atoms with Crippen LogP contribution in [0.5, 0.6) is 11.5 Å². The molecule has 0 aliphatic heterocycles. The van der Waals surface area contributed by atoms with E-state index in [2.05, 4.69) is 15.9 Å². The molecular formula is C13H13BrN2O3S. The van der Waals surface area contributed by atoms with Gasteiger partial charge >= 0.3 is 0 Å². The minimum Gasteiger partial charge on any atom is -0.455 e. The van der Waals surface area contributed by atoms with E-state index in [4.69, 9.17) is 15.6 Å². The fourth-order valence-electron chi connectivity index (χ4n) is 1.71. The predicted molar refractivity (Wildman–Crippen MR) is 81.2 cm³/mol. The number of sulfonamides is 1. The highest BCUT2D eigenvalue weighted by Crippen LogP contribution is 2.33. The molecule has 0 spiro atoms. The first-order valence-electron chi connectivity index (χ1n) is 5.64. The monoisotopic (exact) mass is 356 g/mol. The van der Waals surface area contributed by atoms with Gasteiger partial charge in [-0.2, -0.15) is 0 Å². The summed E-state index contributed by atoms with van der Waals surface area (Å²) in [7, 11) is -3.88. The highest BCUT2D eigenvalue weighted by atomic mass is 79.9. The van der Waals surface area contributed by atoms with Gasteiger partial charge < -0.3 is 10.5 Å². The maximum absolute atomic E-state index is 11.4. The van der Waals surface area contributed by atoms with Crippen LogP contribution in [0.25, 0.3) is 0 Å². The van der Waals surface area contributed by atoms with Gasteiger partial charge in [0.25, 0.3) is 0 Å². The number of nitrogen functional groups attached to an aromatic ring is 1. The van der Waals surface area contributed by atoms with Crippen molar-refractivity contribution in [1.82, 2.24) is 0 Å². The van der Waals surface area contributed by atoms with E-state index in [0.29, 0.717) is 5.75 Å². The molecule has 2 aromatic rings. The third-order valence-electron chi connectivity index (χ3n) is 2.69. The largest absolute Gasteiger partial charge is 0.455 e. The standard InChI is InChI=1S/C13H13BrN2O3S/c1-8-7-9(14)5-6-10(8)19-11-3-2-4-12(13(11)15)20(16,17)18/h2-7H,15H2,1H3,(H2,16,17,18). The zero-order chi connectivity index (χ0) is 14.9. The molecule has 0 saturated carbocycles. The average molecular weight is 357 g/mol. The van der Waals surface area contributed by atoms with E-state index in [1.54, 1.807) is 12.1 Å². The molecule has 0 bridgehead atoms. The SMILES string of the molecule is Cc1cc(Br)ccc1Oc1cccc(S(N)(=O)=O)c1N. The Morgan fingerprint density at radius 3 is 2.45 bits per heavy atom. The van der Waals surface area contributed by atoms with E-state index in [1.165, 1.54) is 12.1 Å². The molecule has 106 valence electrons. The lowest BCUT2D eigenvalue weighted by atomic mass is 10.2. The molecule has 2 aromatic carbocycles. The molecule has 0 atom stereocenters. The number of hydrogen-bond donors (Lipinski definition) is 2. The quantitative estimate of drug-likeness (QED) is 0.826. The lowest BCUT2D eigenvalue weighted by molar-refractivity contribution is 0.479. The van der Waals surface area contributed by atoms with Crippen molar-refractivity contribution in [3.8, 4) is 11.5 Å². The molecule has 0 fully saturated rings. The molecule has 0 aliphatic rings. The van der Waals surface area contributed by atoms with Gasteiger partial charge in [0.1, 0.15) is 10.6 Å². The second kappa shape index (κ2) is 5.43. The van der Waals surface area contributed by atoms with Gasteiger partial charge in [-0.25, -0.2) is 13.6 Å². The highest BCUT2D eigenvalue weighted by Gasteiger charge is 2.16. The Bertz CT molecular complexity index is 760. The number of rotatable bonds is 3. The van der Waals surface area contributed by atoms with Crippen LogP contribution in [0.4, 0.5) is 5.69 Å². The zero-order valence-electron chi connectivity index (χ0n) is 10.6. The Kier molecular flexibility index (Phi) is 4.03. The van der Waals surface area contributed by atoms with Gasteiger partial charge in [-0.15, -0.1) is 0 Å². The van der Waals surface area contributed by atoms with E-state index in [1.807, 2.05) is 19.1 Å². The van der Waals surface area contributed by atoms with E-state index >= 15 is 0 Å². The number of hydrogen-bond acceptors (Lipinski definition) is 4. The van der Waals surface area contributed by atoms with Crippen molar-refractivity contribution >= 4 is 31.6 Å². The van der Waals surface area contributed by atoms with Crippen molar-refractivity contribution in [3.63, 3.8) is 0 Å². The number of aryl methyl sites for hydroxylation is 1. The molecule has 2 rings (SSSR count). The number of nitrogens with two attached hydrogens (primary N) is 2. The maximum Gasteiger partial charge on any atom is 0.240 e. The summed E-state index contributed by atoms with van der Waals surface area (Å²) in [6.45, 7) is 1.87. The van der Waals surface area contributed by atoms with Crippen molar-refractivity contribution in [2.24, 2.45) is 5.14 Å². The Labute approximate surface area is 125 Å². The number of benzene rings is 2. The van der Waals surface area contributed by atoms with Crippen molar-refractivity contribution in [1.29, 1.82) is 0 Å². The summed E-state index contributed by atoms with van der Waals surface area (Å²) >= 11 is 3.36. The summed E-state index contributed by atoms with van der Waals surface area (Å²) in [5.74, 6) is 0.841. The zero-order valence-corrected chi connectivity index (χ0v) is 13.0. The summed E-state index contributed by atoms with van der Waals surface area (Å²) in [5.41, 5.74) is 6.69. The van der Waals surface area contributed by atoms with Crippen LogP contribution in [0.2, 0.25) is 0 Å². The Morgan fingerprint density at radius 2 is 1.85 bits per heavy atom. The summed E-state index contributed by atoms with van der Waals surface area (Å²) in [6, 6.07) is 9.93. The van der Waals surface area contributed by atoms with Crippen LogP contribution in [-0.4, -0.2) is 8.42 Å². The minimum absolute atomic E-state index is 0.00248. The van der Waals surface area contributed by atoms with Crippen molar-refractivity contribution in [2.45, 2.75) is 11.8 Å². The predicted octanol–water partition coefficient (Wildman–Crippen LogP) is 2.78. The average Bonchev–Trinajstić information content (AvgIpc) is 2.33. The summed E-state index contributed by atoms with van der Waals surface area (Å²) in [4.78, 5) is -0.148. The minimum atomic E-state index is -3.88. The van der Waals surface area contributed by atoms with Gasteiger partial charge in [0.15, 0.2) is 5.75 Å². The van der Waals surface area contributed by atoms with E-state index in [0.717, 1.165) is 10.0 Å². The lowest BCUT2D eigenvalue weighted by Gasteiger charge is -2.12. The van der Waals surface area contributed by atoms with Crippen molar-refractivity contribution in [2.75, 3.05) is 5.73 Å². The molecule has 0 aliphatic carbocycles. The normalized spacial score (nSPS) is 11.3. The highest BCUT2D eigenvalue weighted by molar-refractivity contribution is 9.10. The Hall–Kier alpha value is -1.57. The van der Waals surface area contributed by atoms with Gasteiger partial charge in [-0.1, -0.05) is 22.0 Å². The van der Waals surface area contributed by atoms with E-state index < -0.39 is 10.0 Å². The Morgan fingerprint density at radius 1 is 1.15 bits per heavy atom. The van der Waals surface area contributed by atoms with Gasteiger partial charge in [0, 0.05) is 4.47 Å². The van der Waals surface area contributed by atoms with Gasteiger partial charge in [0.05, 0.1) is 5.69 Å². The van der Waals surface area contributed by atoms with E-state index in [-0.39, 0.29) is 16.3 Å². The topological polar surface area (TPSA) is 95.4 Å². The number of ether oxygens (including phenoxy) is 1. The molecule has 0 heterocycles. The first-order chi connectivity index (χ1) is 9.29. The van der Waals surface area contributed by atoms with Gasteiger partial charge in [-0.05, 0) is 42.8 Å².